The van der Waals surface area contributed by atoms with Gasteiger partial charge in [-0.15, -0.1) is 0 Å². The van der Waals surface area contributed by atoms with Crippen LogP contribution in [0.1, 0.15) is 38.4 Å². The Bertz CT molecular complexity index is 802. The molecule has 9 heteroatoms. The highest BCUT2D eigenvalue weighted by Crippen LogP contribution is 2.39. The first-order valence-corrected chi connectivity index (χ1v) is 9.61. The molecule has 0 saturated carbocycles. The topological polar surface area (TPSA) is 89.5 Å². The molecule has 2 unspecified atom stereocenters. The van der Waals surface area contributed by atoms with Gasteiger partial charge in [0.15, 0.2) is 0 Å². The summed E-state index contributed by atoms with van der Waals surface area (Å²) in [6.45, 7) is 4.16. The highest BCUT2D eigenvalue weighted by molar-refractivity contribution is 9.10. The average Bonchev–Trinajstić information content (AvgIpc) is 2.69. The summed E-state index contributed by atoms with van der Waals surface area (Å²) in [5.41, 5.74) is 1.42. The van der Waals surface area contributed by atoms with Gasteiger partial charge in [-0.1, -0.05) is 6.92 Å². The zero-order valence-corrected chi connectivity index (χ0v) is 17.1. The predicted octanol–water partition coefficient (Wildman–Crippen LogP) is 3.94. The van der Waals surface area contributed by atoms with Crippen molar-refractivity contribution in [2.75, 3.05) is 23.9 Å². The number of nitrogens with one attached hydrogen (secondary N) is 1. The number of carbonyl (C=O) groups excluding carboxylic acids is 1. The molecule has 3 heterocycles. The SMILES string of the molecule is CCOC(=O)N1c2ccc(OC)nc2C(Nc2ncc(Br)cn2)CC1CC. The first-order valence-electron chi connectivity index (χ1n) is 8.82. The first kappa shape index (κ1) is 19.3. The van der Waals surface area contributed by atoms with Crippen LogP contribution in [0.4, 0.5) is 16.4 Å². The number of aromatic nitrogens is 3. The van der Waals surface area contributed by atoms with Crippen LogP contribution in [0.25, 0.3) is 0 Å². The zero-order chi connectivity index (χ0) is 19.4. The van der Waals surface area contributed by atoms with Gasteiger partial charge < -0.3 is 14.8 Å². The third-order valence-electron chi connectivity index (χ3n) is 4.41. The van der Waals surface area contributed by atoms with E-state index < -0.39 is 0 Å². The van der Waals surface area contributed by atoms with Crippen LogP contribution in [-0.2, 0) is 4.74 Å². The van der Waals surface area contributed by atoms with Crippen molar-refractivity contribution in [2.45, 2.75) is 38.8 Å². The summed E-state index contributed by atoms with van der Waals surface area (Å²) in [6.07, 6.45) is 4.43. The number of anilines is 2. The molecule has 0 fully saturated rings. The van der Waals surface area contributed by atoms with Crippen molar-refractivity contribution in [3.05, 3.63) is 34.7 Å². The fraction of sp³-hybridized carbons (Fsp3) is 0.444. The Morgan fingerprint density at radius 2 is 2.07 bits per heavy atom. The highest BCUT2D eigenvalue weighted by Gasteiger charge is 2.37. The molecule has 1 N–H and O–H groups in total. The second-order valence-corrected chi connectivity index (χ2v) is 6.96. The number of hydrogen-bond acceptors (Lipinski definition) is 7. The number of halogens is 1. The normalized spacial score (nSPS) is 18.6. The molecule has 0 bridgehead atoms. The van der Waals surface area contributed by atoms with Gasteiger partial charge in [0.25, 0.3) is 0 Å². The molecule has 27 heavy (non-hydrogen) atoms. The fourth-order valence-corrected chi connectivity index (χ4v) is 3.37. The number of ether oxygens (including phenoxy) is 2. The largest absolute Gasteiger partial charge is 0.481 e. The van der Waals surface area contributed by atoms with E-state index in [1.807, 2.05) is 13.0 Å². The van der Waals surface area contributed by atoms with Gasteiger partial charge >= 0.3 is 6.09 Å². The summed E-state index contributed by atoms with van der Waals surface area (Å²) in [4.78, 5) is 27.4. The lowest BCUT2D eigenvalue weighted by Gasteiger charge is -2.39. The van der Waals surface area contributed by atoms with E-state index in [4.69, 9.17) is 9.47 Å². The summed E-state index contributed by atoms with van der Waals surface area (Å²) in [5, 5.41) is 3.33. The lowest BCUT2D eigenvalue weighted by molar-refractivity contribution is 0.155. The van der Waals surface area contributed by atoms with Crippen LogP contribution in [0.2, 0.25) is 0 Å². The molecule has 0 radical (unpaired) electrons. The number of rotatable bonds is 5. The number of fused-ring (bicyclic) bond motifs is 1. The predicted molar refractivity (Wildman–Crippen MR) is 105 cm³/mol. The minimum absolute atomic E-state index is 0.0281. The van der Waals surface area contributed by atoms with Gasteiger partial charge in [-0.3, -0.25) is 4.90 Å². The molecule has 1 aliphatic heterocycles. The van der Waals surface area contributed by atoms with Gasteiger partial charge in [0.1, 0.15) is 0 Å². The minimum Gasteiger partial charge on any atom is -0.481 e. The van der Waals surface area contributed by atoms with Crippen molar-refractivity contribution in [1.82, 2.24) is 15.0 Å². The number of amides is 1. The van der Waals surface area contributed by atoms with Crippen LogP contribution in [-0.4, -0.2) is 40.8 Å². The molecule has 2 atom stereocenters. The summed E-state index contributed by atoms with van der Waals surface area (Å²) in [7, 11) is 1.57. The molecule has 3 rings (SSSR count). The van der Waals surface area contributed by atoms with Crippen molar-refractivity contribution >= 4 is 33.7 Å². The Morgan fingerprint density at radius 3 is 2.70 bits per heavy atom. The van der Waals surface area contributed by atoms with Gasteiger partial charge in [0, 0.05) is 24.5 Å². The maximum Gasteiger partial charge on any atom is 0.414 e. The van der Waals surface area contributed by atoms with Crippen molar-refractivity contribution in [3.8, 4) is 5.88 Å². The molecule has 8 nitrogen and oxygen atoms in total. The zero-order valence-electron chi connectivity index (χ0n) is 15.5. The van der Waals surface area contributed by atoms with Crippen LogP contribution in [0.3, 0.4) is 0 Å². The minimum atomic E-state index is -0.365. The number of carbonyl (C=O) groups is 1. The molecule has 1 aliphatic rings. The number of hydrogen-bond donors (Lipinski definition) is 1. The second kappa shape index (κ2) is 8.51. The number of pyridine rings is 1. The van der Waals surface area contributed by atoms with Crippen molar-refractivity contribution in [1.29, 1.82) is 0 Å². The maximum absolute atomic E-state index is 12.6. The molecule has 0 spiro atoms. The quantitative estimate of drug-likeness (QED) is 0.760. The van der Waals surface area contributed by atoms with Gasteiger partial charge in [-0.2, -0.15) is 0 Å². The Hall–Kier alpha value is -2.42. The van der Waals surface area contributed by atoms with E-state index >= 15 is 0 Å². The Balaban J connectivity index is 2.00. The van der Waals surface area contributed by atoms with Crippen LogP contribution in [0.5, 0.6) is 5.88 Å². The molecule has 2 aromatic heterocycles. The lowest BCUT2D eigenvalue weighted by atomic mass is 9.93. The van der Waals surface area contributed by atoms with E-state index in [0.29, 0.717) is 36.2 Å². The maximum atomic E-state index is 12.6. The molecular formula is C18H22BrN5O3. The molecule has 0 aromatic carbocycles. The highest BCUT2D eigenvalue weighted by atomic mass is 79.9. The summed E-state index contributed by atoms with van der Waals surface area (Å²) in [5.74, 6) is 0.981. The van der Waals surface area contributed by atoms with E-state index in [-0.39, 0.29) is 18.2 Å². The monoisotopic (exact) mass is 435 g/mol. The van der Waals surface area contributed by atoms with Gasteiger partial charge in [-0.25, -0.2) is 19.7 Å². The van der Waals surface area contributed by atoms with Gasteiger partial charge in [0.2, 0.25) is 11.8 Å². The summed E-state index contributed by atoms with van der Waals surface area (Å²) >= 11 is 3.33. The van der Waals surface area contributed by atoms with Crippen LogP contribution in [0.15, 0.2) is 29.0 Å². The van der Waals surface area contributed by atoms with Crippen LogP contribution in [0, 0.1) is 0 Å². The fourth-order valence-electron chi connectivity index (χ4n) is 3.17. The number of methoxy groups -OCH3 is 1. The second-order valence-electron chi connectivity index (χ2n) is 6.05. The van der Waals surface area contributed by atoms with E-state index in [0.717, 1.165) is 10.9 Å². The standard InChI is InChI=1S/C18H22BrN5O3/c1-4-12-8-13(22-17-20-9-11(19)10-21-17)16-14(6-7-15(23-16)26-3)24(12)18(25)27-5-2/h6-7,9-10,12-13H,4-5,8H2,1-3H3,(H,20,21,22). The molecule has 144 valence electrons. The Morgan fingerprint density at radius 1 is 1.33 bits per heavy atom. The summed E-state index contributed by atoms with van der Waals surface area (Å²) < 4.78 is 11.4. The van der Waals surface area contributed by atoms with Gasteiger partial charge in [-0.05, 0) is 41.8 Å². The first-order chi connectivity index (χ1) is 13.1. The molecule has 0 aliphatic carbocycles. The molecule has 0 saturated heterocycles. The van der Waals surface area contributed by atoms with Crippen molar-refractivity contribution < 1.29 is 14.3 Å². The summed E-state index contributed by atoms with van der Waals surface area (Å²) in [6, 6.07) is 3.40. The lowest BCUT2D eigenvalue weighted by Crippen LogP contribution is -2.46. The van der Waals surface area contributed by atoms with E-state index in [2.05, 4.69) is 36.2 Å². The Labute approximate surface area is 166 Å². The molecule has 2 aromatic rings. The Kier molecular flexibility index (Phi) is 6.10. The third kappa shape index (κ3) is 4.13. The van der Waals surface area contributed by atoms with E-state index in [1.165, 1.54) is 0 Å². The van der Waals surface area contributed by atoms with Gasteiger partial charge in [0.05, 0.1) is 35.6 Å². The van der Waals surface area contributed by atoms with Crippen molar-refractivity contribution in [2.24, 2.45) is 0 Å². The smallest absolute Gasteiger partial charge is 0.414 e. The average molecular weight is 436 g/mol. The third-order valence-corrected chi connectivity index (χ3v) is 4.82. The van der Waals surface area contributed by atoms with Crippen molar-refractivity contribution in [3.63, 3.8) is 0 Å². The van der Waals surface area contributed by atoms with Crippen LogP contribution < -0.4 is 15.0 Å². The van der Waals surface area contributed by atoms with E-state index in [9.17, 15) is 4.79 Å². The number of nitrogens with zero attached hydrogens (tertiary/aromatic N) is 4. The molecular weight excluding hydrogens is 414 g/mol. The molecule has 1 amide bonds. The van der Waals surface area contributed by atoms with Crippen LogP contribution >= 0.6 is 15.9 Å². The van der Waals surface area contributed by atoms with E-state index in [1.54, 1.807) is 37.4 Å².